The van der Waals surface area contributed by atoms with E-state index >= 15 is 0 Å². The van der Waals surface area contributed by atoms with Crippen molar-refractivity contribution in [1.82, 2.24) is 15.0 Å². The van der Waals surface area contributed by atoms with Crippen LogP contribution in [0.25, 0.3) is 120 Å². The Kier molecular flexibility index (Phi) is 6.76. The second-order valence-electron chi connectivity index (χ2n) is 14.3. The van der Waals surface area contributed by atoms with Crippen LogP contribution < -0.4 is 0 Å². The second kappa shape index (κ2) is 12.2. The molecule has 12 aromatic rings. The van der Waals surface area contributed by atoms with Gasteiger partial charge in [0.1, 0.15) is 11.2 Å². The smallest absolute Gasteiger partial charge is 0.165 e. The third-order valence-corrected chi connectivity index (χ3v) is 12.4. The number of hydrogen-bond acceptors (Lipinski definition) is 5. The van der Waals surface area contributed by atoms with Gasteiger partial charge in [-0.25, -0.2) is 15.0 Å². The summed E-state index contributed by atoms with van der Waals surface area (Å²) >= 11 is 1.78. The molecule has 12 rings (SSSR count). The molecule has 0 unspecified atom stereocenters. The largest absolute Gasteiger partial charge is 0.456 e. The SMILES string of the molecule is c1ccc(-c2cccc3oc4ccccc4c23)c(-c2nc(-c3ccc4c(ccc5c6ccccc6ccc45)c3)nc(-c3cccc4c3sc3ccccc34)n2)c1. The van der Waals surface area contributed by atoms with Gasteiger partial charge in [-0.3, -0.25) is 0 Å². The Labute approximate surface area is 325 Å². The minimum Gasteiger partial charge on any atom is -0.456 e. The zero-order valence-corrected chi connectivity index (χ0v) is 30.7. The normalized spacial score (nSPS) is 11.9. The van der Waals surface area contributed by atoms with Crippen LogP contribution in [-0.4, -0.2) is 15.0 Å². The fourth-order valence-electron chi connectivity index (χ4n) is 8.55. The van der Waals surface area contributed by atoms with Gasteiger partial charge in [0.2, 0.25) is 0 Å². The number of para-hydroxylation sites is 1. The fraction of sp³-hybridized carbons (Fsp3) is 0. The van der Waals surface area contributed by atoms with Crippen molar-refractivity contribution in [2.24, 2.45) is 0 Å². The van der Waals surface area contributed by atoms with E-state index in [0.29, 0.717) is 17.5 Å². The number of fused-ring (bicyclic) bond motifs is 11. The van der Waals surface area contributed by atoms with Crippen molar-refractivity contribution in [3.63, 3.8) is 0 Å². The Bertz CT molecular complexity index is 3560. The van der Waals surface area contributed by atoms with Crippen LogP contribution in [-0.2, 0) is 0 Å². The summed E-state index contributed by atoms with van der Waals surface area (Å²) in [7, 11) is 0. The molecule has 4 nitrogen and oxygen atoms in total. The summed E-state index contributed by atoms with van der Waals surface area (Å²) in [5.41, 5.74) is 6.68. The lowest BCUT2D eigenvalue weighted by molar-refractivity contribution is 0.669. The molecule has 0 fully saturated rings. The lowest BCUT2D eigenvalue weighted by Crippen LogP contribution is -2.01. The third kappa shape index (κ3) is 4.75. The molecule has 3 heterocycles. The van der Waals surface area contributed by atoms with Gasteiger partial charge in [0.25, 0.3) is 0 Å². The first kappa shape index (κ1) is 31.2. The van der Waals surface area contributed by atoms with Crippen molar-refractivity contribution in [2.45, 2.75) is 0 Å². The van der Waals surface area contributed by atoms with E-state index in [1.807, 2.05) is 18.2 Å². The number of nitrogens with zero attached hydrogens (tertiary/aromatic N) is 3. The van der Waals surface area contributed by atoms with Gasteiger partial charge in [-0.05, 0) is 73.8 Å². The van der Waals surface area contributed by atoms with Crippen molar-refractivity contribution < 1.29 is 4.42 Å². The summed E-state index contributed by atoms with van der Waals surface area (Å²) in [5, 5.41) is 11.9. The van der Waals surface area contributed by atoms with Gasteiger partial charge in [0, 0.05) is 47.6 Å². The maximum atomic E-state index is 6.32. The number of aromatic nitrogens is 3. The molecular weight excluding hydrogens is 703 g/mol. The van der Waals surface area contributed by atoms with Crippen LogP contribution >= 0.6 is 11.3 Å². The predicted molar refractivity (Wildman–Crippen MR) is 234 cm³/mol. The summed E-state index contributed by atoms with van der Waals surface area (Å²) in [5.74, 6) is 1.90. The van der Waals surface area contributed by atoms with Crippen molar-refractivity contribution in [3.05, 3.63) is 176 Å². The molecule has 5 heteroatoms. The van der Waals surface area contributed by atoms with Crippen molar-refractivity contribution in [1.29, 1.82) is 0 Å². The van der Waals surface area contributed by atoms with Gasteiger partial charge in [0.15, 0.2) is 17.5 Å². The fourth-order valence-corrected chi connectivity index (χ4v) is 9.76. The first-order valence-corrected chi connectivity index (χ1v) is 19.6. The van der Waals surface area contributed by atoms with Crippen LogP contribution in [0.5, 0.6) is 0 Å². The Hall–Kier alpha value is -7.21. The van der Waals surface area contributed by atoms with Crippen LogP contribution in [0.4, 0.5) is 0 Å². The molecule has 56 heavy (non-hydrogen) atoms. The first-order valence-electron chi connectivity index (χ1n) is 18.8. The average Bonchev–Trinajstić information content (AvgIpc) is 3.85. The van der Waals surface area contributed by atoms with Crippen molar-refractivity contribution in [3.8, 4) is 45.3 Å². The minimum atomic E-state index is 0.619. The standard InChI is InChI=1S/C51H29N3OS/c1-2-12-33-30(11-1)23-27-37-34-26-25-32(29-31(34)24-28-36(33)37)49-52-50(54-51(53-49)43-19-9-18-40-38-14-6-8-22-46(38)56-48(40)43)41-15-4-3-13-35(41)39-17-10-21-45-47(39)42-16-5-7-20-44(42)55-45/h1-29H. The molecule has 0 saturated carbocycles. The summed E-state index contributed by atoms with van der Waals surface area (Å²) in [6.07, 6.45) is 0. The van der Waals surface area contributed by atoms with Gasteiger partial charge in [0.05, 0.1) is 0 Å². The molecule has 0 saturated heterocycles. The van der Waals surface area contributed by atoms with Crippen molar-refractivity contribution >= 4 is 85.8 Å². The molecule has 0 atom stereocenters. The van der Waals surface area contributed by atoms with Gasteiger partial charge in [-0.15, -0.1) is 11.3 Å². The van der Waals surface area contributed by atoms with E-state index in [9.17, 15) is 0 Å². The van der Waals surface area contributed by atoms with Crippen LogP contribution in [0.15, 0.2) is 180 Å². The molecule has 0 bridgehead atoms. The molecule has 0 aliphatic heterocycles. The molecule has 0 aliphatic rings. The van der Waals surface area contributed by atoms with E-state index in [1.165, 1.54) is 42.4 Å². The molecular formula is C51H29N3OS. The van der Waals surface area contributed by atoms with Gasteiger partial charge >= 0.3 is 0 Å². The lowest BCUT2D eigenvalue weighted by atomic mass is 9.95. The number of benzene rings is 9. The van der Waals surface area contributed by atoms with Gasteiger partial charge < -0.3 is 4.42 Å². The predicted octanol–water partition coefficient (Wildman–Crippen LogP) is 14.3. The number of furan rings is 1. The van der Waals surface area contributed by atoms with E-state index in [0.717, 1.165) is 59.8 Å². The molecule has 0 N–H and O–H groups in total. The number of hydrogen-bond donors (Lipinski definition) is 0. The summed E-state index contributed by atoms with van der Waals surface area (Å²) < 4.78 is 8.73. The van der Waals surface area contributed by atoms with E-state index in [-0.39, 0.29) is 0 Å². The third-order valence-electron chi connectivity index (χ3n) is 11.1. The summed E-state index contributed by atoms with van der Waals surface area (Å²) in [6.45, 7) is 0. The summed E-state index contributed by atoms with van der Waals surface area (Å²) in [4.78, 5) is 15.9. The topological polar surface area (TPSA) is 51.8 Å². The zero-order valence-electron chi connectivity index (χ0n) is 29.9. The molecule has 3 aromatic heterocycles. The van der Waals surface area contributed by atoms with Crippen LogP contribution in [0.1, 0.15) is 0 Å². The second-order valence-corrected chi connectivity index (χ2v) is 15.3. The Morgan fingerprint density at radius 3 is 1.84 bits per heavy atom. The quantitative estimate of drug-likeness (QED) is 0.169. The lowest BCUT2D eigenvalue weighted by Gasteiger charge is -2.13. The molecule has 0 radical (unpaired) electrons. The van der Waals surface area contributed by atoms with E-state index < -0.39 is 0 Å². The number of thiophene rings is 1. The Morgan fingerprint density at radius 2 is 0.946 bits per heavy atom. The monoisotopic (exact) mass is 731 g/mol. The maximum absolute atomic E-state index is 6.32. The van der Waals surface area contributed by atoms with Crippen LogP contribution in [0.2, 0.25) is 0 Å². The molecule has 0 amide bonds. The minimum absolute atomic E-state index is 0.619. The van der Waals surface area contributed by atoms with E-state index in [4.69, 9.17) is 19.4 Å². The highest BCUT2D eigenvalue weighted by Crippen LogP contribution is 2.43. The highest BCUT2D eigenvalue weighted by atomic mass is 32.1. The van der Waals surface area contributed by atoms with Crippen molar-refractivity contribution in [2.75, 3.05) is 0 Å². The zero-order chi connectivity index (χ0) is 36.7. The summed E-state index contributed by atoms with van der Waals surface area (Å²) in [6, 6.07) is 62.1. The first-order chi connectivity index (χ1) is 27.7. The maximum Gasteiger partial charge on any atom is 0.165 e. The Balaban J connectivity index is 1.10. The molecule has 0 aliphatic carbocycles. The van der Waals surface area contributed by atoms with E-state index in [2.05, 4.69) is 158 Å². The molecule has 260 valence electrons. The van der Waals surface area contributed by atoms with Gasteiger partial charge in [-0.1, -0.05) is 146 Å². The molecule has 9 aromatic carbocycles. The highest BCUT2D eigenvalue weighted by molar-refractivity contribution is 7.26. The Morgan fingerprint density at radius 1 is 0.357 bits per heavy atom. The molecule has 0 spiro atoms. The highest BCUT2D eigenvalue weighted by Gasteiger charge is 2.21. The van der Waals surface area contributed by atoms with Gasteiger partial charge in [-0.2, -0.15) is 0 Å². The van der Waals surface area contributed by atoms with E-state index in [1.54, 1.807) is 11.3 Å². The van der Waals surface area contributed by atoms with Crippen LogP contribution in [0.3, 0.4) is 0 Å². The number of rotatable bonds is 4. The average molecular weight is 732 g/mol. The van der Waals surface area contributed by atoms with Crippen LogP contribution in [0, 0.1) is 0 Å².